The molecule has 3 heterocycles. The minimum Gasteiger partial charge on any atom is -0.454 e. The van der Waals surface area contributed by atoms with E-state index in [0.717, 1.165) is 39.1 Å². The zero-order valence-corrected chi connectivity index (χ0v) is 17.7. The van der Waals surface area contributed by atoms with Gasteiger partial charge in [0.15, 0.2) is 11.5 Å². The molecule has 6 rings (SSSR count). The Kier molecular flexibility index (Phi) is 4.55. The van der Waals surface area contributed by atoms with Gasteiger partial charge in [-0.15, -0.1) is 0 Å². The third-order valence-corrected chi connectivity index (χ3v) is 6.42. The van der Waals surface area contributed by atoms with Crippen molar-refractivity contribution in [3.63, 3.8) is 0 Å². The minimum atomic E-state index is -0.680. The van der Waals surface area contributed by atoms with Crippen LogP contribution in [0.2, 0.25) is 0 Å². The van der Waals surface area contributed by atoms with Crippen molar-refractivity contribution in [1.82, 2.24) is 10.6 Å². The number of anilines is 1. The Morgan fingerprint density at radius 3 is 2.76 bits per heavy atom. The minimum absolute atomic E-state index is 0.199. The van der Waals surface area contributed by atoms with Gasteiger partial charge < -0.3 is 14.8 Å². The van der Waals surface area contributed by atoms with Crippen LogP contribution in [0.3, 0.4) is 0 Å². The molecule has 0 radical (unpaired) electrons. The first kappa shape index (κ1) is 19.8. The standard InChI is InChI=1S/C25H21N3O5/c29-22-9-7-19(24(30)27-22)28-18-3-1-2-16-15(5-6-17(23(16)18)25(28)31)12-26-11-14-4-8-20-21(10-14)33-13-32-20/h1-6,8,10,19,26H,7,9,11-13H2,(H,27,29,30). The number of rotatable bonds is 5. The Balaban J connectivity index is 1.26. The Bertz CT molecular complexity index is 1340. The number of imide groups is 1. The first-order chi connectivity index (χ1) is 16.1. The lowest BCUT2D eigenvalue weighted by Gasteiger charge is -2.30. The van der Waals surface area contributed by atoms with Crippen LogP contribution in [0.4, 0.5) is 5.69 Å². The fourth-order valence-electron chi connectivity index (χ4n) is 4.85. The van der Waals surface area contributed by atoms with Gasteiger partial charge in [-0.05, 0) is 47.2 Å². The molecule has 3 aromatic carbocycles. The number of hydrogen-bond acceptors (Lipinski definition) is 6. The smallest absolute Gasteiger partial charge is 0.259 e. The summed E-state index contributed by atoms with van der Waals surface area (Å²) >= 11 is 0. The van der Waals surface area contributed by atoms with Gasteiger partial charge in [-0.1, -0.05) is 24.3 Å². The summed E-state index contributed by atoms with van der Waals surface area (Å²) in [5.41, 5.74) is 3.46. The number of carbonyl (C=O) groups excluding carboxylic acids is 3. The Labute approximate surface area is 189 Å². The highest BCUT2D eigenvalue weighted by atomic mass is 16.7. The molecule has 1 fully saturated rings. The van der Waals surface area contributed by atoms with Crippen molar-refractivity contribution < 1.29 is 23.9 Å². The van der Waals surface area contributed by atoms with E-state index in [1.165, 1.54) is 0 Å². The van der Waals surface area contributed by atoms with Gasteiger partial charge in [0, 0.05) is 30.5 Å². The van der Waals surface area contributed by atoms with Crippen molar-refractivity contribution in [1.29, 1.82) is 0 Å². The van der Waals surface area contributed by atoms with Gasteiger partial charge >= 0.3 is 0 Å². The molecule has 3 aromatic rings. The van der Waals surface area contributed by atoms with Crippen LogP contribution < -0.4 is 25.0 Å². The van der Waals surface area contributed by atoms with Crippen molar-refractivity contribution in [2.45, 2.75) is 32.0 Å². The molecular formula is C25H21N3O5. The highest BCUT2D eigenvalue weighted by Crippen LogP contribution is 2.41. The van der Waals surface area contributed by atoms with Gasteiger partial charge in [0.25, 0.3) is 5.91 Å². The number of hydrogen-bond donors (Lipinski definition) is 2. The predicted octanol–water partition coefficient (Wildman–Crippen LogP) is 2.62. The Hall–Kier alpha value is -3.91. The molecule has 3 aliphatic rings. The second-order valence-electron chi connectivity index (χ2n) is 8.41. The molecule has 0 saturated carbocycles. The van der Waals surface area contributed by atoms with E-state index in [2.05, 4.69) is 10.6 Å². The highest BCUT2D eigenvalue weighted by Gasteiger charge is 2.40. The molecule has 8 nitrogen and oxygen atoms in total. The van der Waals surface area contributed by atoms with E-state index < -0.39 is 11.9 Å². The summed E-state index contributed by atoms with van der Waals surface area (Å²) in [6.07, 6.45) is 0.548. The van der Waals surface area contributed by atoms with E-state index in [0.29, 0.717) is 25.1 Å². The van der Waals surface area contributed by atoms with Crippen LogP contribution in [0.1, 0.15) is 34.3 Å². The molecule has 1 saturated heterocycles. The zero-order chi connectivity index (χ0) is 22.5. The summed E-state index contributed by atoms with van der Waals surface area (Å²) in [5.74, 6) is 0.600. The number of nitrogens with zero attached hydrogens (tertiary/aromatic N) is 1. The lowest BCUT2D eigenvalue weighted by Crippen LogP contribution is -2.53. The topological polar surface area (TPSA) is 97.0 Å². The zero-order valence-electron chi connectivity index (χ0n) is 17.7. The molecule has 166 valence electrons. The average Bonchev–Trinajstić information content (AvgIpc) is 3.39. The largest absolute Gasteiger partial charge is 0.454 e. The molecule has 33 heavy (non-hydrogen) atoms. The molecule has 0 aliphatic carbocycles. The number of fused-ring (bicyclic) bond motifs is 1. The molecule has 1 atom stereocenters. The average molecular weight is 443 g/mol. The van der Waals surface area contributed by atoms with Crippen molar-refractivity contribution >= 4 is 34.2 Å². The Morgan fingerprint density at radius 1 is 1.00 bits per heavy atom. The number of carbonyl (C=O) groups is 3. The van der Waals surface area contributed by atoms with Crippen molar-refractivity contribution in [2.24, 2.45) is 0 Å². The van der Waals surface area contributed by atoms with Crippen LogP contribution in [-0.2, 0) is 22.7 Å². The van der Waals surface area contributed by atoms with Crippen molar-refractivity contribution in [3.8, 4) is 11.5 Å². The summed E-state index contributed by atoms with van der Waals surface area (Å²) in [5, 5.41) is 7.65. The normalized spacial score (nSPS) is 18.8. The van der Waals surface area contributed by atoms with Crippen LogP contribution in [0.25, 0.3) is 10.8 Å². The van der Waals surface area contributed by atoms with E-state index in [4.69, 9.17) is 9.47 Å². The molecule has 0 spiro atoms. The maximum atomic E-state index is 13.2. The molecular weight excluding hydrogens is 422 g/mol. The molecule has 3 aliphatic heterocycles. The van der Waals surface area contributed by atoms with Crippen LogP contribution in [-0.4, -0.2) is 30.6 Å². The number of amides is 3. The van der Waals surface area contributed by atoms with E-state index in [9.17, 15) is 14.4 Å². The fraction of sp³-hybridized carbons (Fsp3) is 0.240. The van der Waals surface area contributed by atoms with Gasteiger partial charge in [-0.25, -0.2) is 0 Å². The molecule has 2 N–H and O–H groups in total. The predicted molar refractivity (Wildman–Crippen MR) is 120 cm³/mol. The van der Waals surface area contributed by atoms with Gasteiger partial charge in [0.05, 0.1) is 5.69 Å². The number of benzene rings is 3. The number of ether oxygens (including phenoxy) is 2. The fourth-order valence-corrected chi connectivity index (χ4v) is 4.85. The Morgan fingerprint density at radius 2 is 1.88 bits per heavy atom. The first-order valence-corrected chi connectivity index (χ1v) is 10.9. The van der Waals surface area contributed by atoms with Gasteiger partial charge in [0.2, 0.25) is 18.6 Å². The van der Waals surface area contributed by atoms with E-state index >= 15 is 0 Å². The molecule has 3 amide bonds. The molecule has 8 heteroatoms. The van der Waals surface area contributed by atoms with Crippen LogP contribution in [0.5, 0.6) is 11.5 Å². The van der Waals surface area contributed by atoms with Crippen LogP contribution >= 0.6 is 0 Å². The van der Waals surface area contributed by atoms with Gasteiger partial charge in [-0.3, -0.25) is 24.6 Å². The van der Waals surface area contributed by atoms with Crippen LogP contribution in [0, 0.1) is 0 Å². The first-order valence-electron chi connectivity index (χ1n) is 10.9. The van der Waals surface area contributed by atoms with E-state index in [1.54, 1.807) is 4.90 Å². The van der Waals surface area contributed by atoms with Crippen LogP contribution in [0.15, 0.2) is 48.5 Å². The summed E-state index contributed by atoms with van der Waals surface area (Å²) in [7, 11) is 0. The molecule has 1 unspecified atom stereocenters. The number of nitrogens with one attached hydrogen (secondary N) is 2. The van der Waals surface area contributed by atoms with Crippen molar-refractivity contribution in [2.75, 3.05) is 11.7 Å². The lowest BCUT2D eigenvalue weighted by atomic mass is 10.00. The highest BCUT2D eigenvalue weighted by molar-refractivity contribution is 6.27. The maximum absolute atomic E-state index is 13.2. The molecule has 0 aromatic heterocycles. The third kappa shape index (κ3) is 3.22. The maximum Gasteiger partial charge on any atom is 0.259 e. The summed E-state index contributed by atoms with van der Waals surface area (Å²) in [6, 6.07) is 14.8. The second kappa shape index (κ2) is 7.60. The van der Waals surface area contributed by atoms with E-state index in [-0.39, 0.29) is 25.0 Å². The molecule has 0 bridgehead atoms. The third-order valence-electron chi connectivity index (χ3n) is 6.42. The summed E-state index contributed by atoms with van der Waals surface area (Å²) < 4.78 is 10.8. The SMILES string of the molecule is O=C1CCC(N2C(=O)c3ccc(CNCc4ccc5c(c4)OCO5)c4cccc2c34)C(=O)N1. The monoisotopic (exact) mass is 443 g/mol. The second-order valence-corrected chi connectivity index (χ2v) is 8.41. The van der Waals surface area contributed by atoms with Crippen molar-refractivity contribution in [3.05, 3.63) is 65.2 Å². The number of piperidine rings is 1. The van der Waals surface area contributed by atoms with Gasteiger partial charge in [-0.2, -0.15) is 0 Å². The lowest BCUT2D eigenvalue weighted by molar-refractivity contribution is -0.134. The summed E-state index contributed by atoms with van der Waals surface area (Å²) in [4.78, 5) is 38.8. The van der Waals surface area contributed by atoms with Gasteiger partial charge in [0.1, 0.15) is 6.04 Å². The summed E-state index contributed by atoms with van der Waals surface area (Å²) in [6.45, 7) is 1.52. The quantitative estimate of drug-likeness (QED) is 0.589. The van der Waals surface area contributed by atoms with E-state index in [1.807, 2.05) is 48.5 Å².